The lowest BCUT2D eigenvalue weighted by Crippen LogP contribution is -2.52. The van der Waals surface area contributed by atoms with Gasteiger partial charge >= 0.3 is 6.09 Å². The number of carbonyl (C=O) groups excluding carboxylic acids is 1. The third kappa shape index (κ3) is 7.55. The molecule has 0 aliphatic carbocycles. The molecule has 5 atom stereocenters. The Bertz CT molecular complexity index is 1240. The van der Waals surface area contributed by atoms with Crippen LogP contribution in [-0.4, -0.2) is 92.8 Å². The highest BCUT2D eigenvalue weighted by Gasteiger charge is 2.44. The van der Waals surface area contributed by atoms with E-state index in [2.05, 4.69) is 5.32 Å². The molecule has 0 saturated carbocycles. The number of carbonyl (C=O) groups is 1. The van der Waals surface area contributed by atoms with E-state index in [1.54, 1.807) is 0 Å². The third-order valence-electron chi connectivity index (χ3n) is 7.48. The number of ether oxygens (including phenoxy) is 4. The molecule has 13 heteroatoms. The van der Waals surface area contributed by atoms with Crippen LogP contribution in [0.15, 0.2) is 59.5 Å². The standard InChI is InChI=1S/C28H36N2O10S/c31-20-6-8-22(9-7-20)41(34,35)30(40-21-10-13-36-14-11-21)17-25(32)24(16-19-4-2-1-3-5-19)29-28(33)39-26-18-38-27-23(26)12-15-37-27/h1-9,21,23-27,31-32H,10-18H2,(H,29,33). The van der Waals surface area contributed by atoms with Crippen molar-refractivity contribution in [2.45, 2.75) is 61.2 Å². The van der Waals surface area contributed by atoms with Crippen molar-refractivity contribution < 1.29 is 47.2 Å². The zero-order valence-electron chi connectivity index (χ0n) is 22.5. The molecule has 1 amide bonds. The molecule has 5 unspecified atom stereocenters. The number of nitrogens with one attached hydrogen (secondary N) is 1. The SMILES string of the molecule is O=C(NC(Cc1ccccc1)C(O)CN(OC1CCOCC1)S(=O)(=O)c1ccc(O)cc1)OC1COC2OCCC12. The van der Waals surface area contributed by atoms with Gasteiger partial charge in [-0.3, -0.25) is 4.84 Å². The lowest BCUT2D eigenvalue weighted by Gasteiger charge is -2.32. The van der Waals surface area contributed by atoms with Gasteiger partial charge in [0.25, 0.3) is 10.0 Å². The fraction of sp³-hybridized carbons (Fsp3) is 0.536. The molecule has 3 N–H and O–H groups in total. The molecular formula is C28H36N2O10S. The Balaban J connectivity index is 1.34. The quantitative estimate of drug-likeness (QED) is 0.330. The first kappa shape index (κ1) is 29.7. The summed E-state index contributed by atoms with van der Waals surface area (Å²) < 4.78 is 50.1. The monoisotopic (exact) mass is 592 g/mol. The number of amides is 1. The molecule has 3 heterocycles. The van der Waals surface area contributed by atoms with Crippen molar-refractivity contribution in [2.24, 2.45) is 5.92 Å². The summed E-state index contributed by atoms with van der Waals surface area (Å²) in [4.78, 5) is 18.8. The number of fused-ring (bicyclic) bond motifs is 1. The van der Waals surface area contributed by atoms with Gasteiger partial charge in [-0.2, -0.15) is 0 Å². The maximum Gasteiger partial charge on any atom is 0.407 e. The van der Waals surface area contributed by atoms with E-state index < -0.39 is 47.0 Å². The van der Waals surface area contributed by atoms with E-state index in [0.29, 0.717) is 39.1 Å². The zero-order chi connectivity index (χ0) is 28.8. The Morgan fingerprint density at radius 1 is 1.02 bits per heavy atom. The number of aliphatic hydroxyl groups excluding tert-OH is 1. The first-order valence-corrected chi connectivity index (χ1v) is 15.2. The van der Waals surface area contributed by atoms with E-state index in [4.69, 9.17) is 23.8 Å². The summed E-state index contributed by atoms with van der Waals surface area (Å²) in [5.41, 5.74) is 0.823. The minimum Gasteiger partial charge on any atom is -0.508 e. The van der Waals surface area contributed by atoms with Gasteiger partial charge in [0, 0.05) is 13.2 Å². The Labute approximate surface area is 239 Å². The van der Waals surface area contributed by atoms with Crippen LogP contribution < -0.4 is 5.32 Å². The number of hydroxylamine groups is 1. The number of aromatic hydroxyl groups is 1. The van der Waals surface area contributed by atoms with Gasteiger partial charge in [0.05, 0.1) is 48.8 Å². The number of phenols is 1. The Morgan fingerprint density at radius 2 is 1.76 bits per heavy atom. The van der Waals surface area contributed by atoms with Gasteiger partial charge in [0.2, 0.25) is 0 Å². The van der Waals surface area contributed by atoms with Gasteiger partial charge in [-0.15, -0.1) is 0 Å². The van der Waals surface area contributed by atoms with Crippen molar-refractivity contribution in [3.8, 4) is 5.75 Å². The minimum absolute atomic E-state index is 0.0583. The Kier molecular flexibility index (Phi) is 9.75. The fourth-order valence-electron chi connectivity index (χ4n) is 5.18. The highest BCUT2D eigenvalue weighted by molar-refractivity contribution is 7.89. The number of aliphatic hydroxyl groups is 1. The van der Waals surface area contributed by atoms with Gasteiger partial charge in [-0.25, -0.2) is 13.2 Å². The van der Waals surface area contributed by atoms with E-state index >= 15 is 0 Å². The number of benzene rings is 2. The van der Waals surface area contributed by atoms with Crippen molar-refractivity contribution in [3.63, 3.8) is 0 Å². The Morgan fingerprint density at radius 3 is 2.49 bits per heavy atom. The van der Waals surface area contributed by atoms with Crippen LogP contribution in [-0.2, 0) is 40.2 Å². The van der Waals surface area contributed by atoms with Gasteiger partial charge < -0.3 is 34.5 Å². The molecule has 224 valence electrons. The number of phenolic OH excluding ortho intramolecular Hbond substituents is 1. The second-order valence-electron chi connectivity index (χ2n) is 10.4. The Hall–Kier alpha value is -2.78. The number of sulfonamides is 1. The largest absolute Gasteiger partial charge is 0.508 e. The average molecular weight is 593 g/mol. The van der Waals surface area contributed by atoms with Crippen LogP contribution in [0.2, 0.25) is 0 Å². The van der Waals surface area contributed by atoms with Crippen molar-refractivity contribution >= 4 is 16.1 Å². The number of hydrogen-bond donors (Lipinski definition) is 3. The first-order valence-electron chi connectivity index (χ1n) is 13.8. The molecule has 5 rings (SSSR count). The summed E-state index contributed by atoms with van der Waals surface area (Å²) in [7, 11) is -4.25. The fourth-order valence-corrected chi connectivity index (χ4v) is 6.48. The van der Waals surface area contributed by atoms with Gasteiger partial charge in [-0.1, -0.05) is 34.8 Å². The third-order valence-corrected chi connectivity index (χ3v) is 9.12. The number of hydrogen-bond acceptors (Lipinski definition) is 10. The summed E-state index contributed by atoms with van der Waals surface area (Å²) in [6, 6.07) is 13.4. The molecule has 2 aromatic carbocycles. The second-order valence-corrected chi connectivity index (χ2v) is 12.2. The van der Waals surface area contributed by atoms with E-state index in [1.165, 1.54) is 24.3 Å². The molecular weight excluding hydrogens is 556 g/mol. The smallest absolute Gasteiger partial charge is 0.407 e. The second kappa shape index (κ2) is 13.5. The van der Waals surface area contributed by atoms with Gasteiger partial charge in [0.1, 0.15) is 11.9 Å². The zero-order valence-corrected chi connectivity index (χ0v) is 23.4. The average Bonchev–Trinajstić information content (AvgIpc) is 3.59. The van der Waals surface area contributed by atoms with E-state index in [0.717, 1.165) is 10.0 Å². The topological polar surface area (TPSA) is 153 Å². The number of nitrogens with zero attached hydrogens (tertiary/aromatic N) is 1. The van der Waals surface area contributed by atoms with Gasteiger partial charge in [-0.05, 0) is 55.5 Å². The molecule has 3 saturated heterocycles. The van der Waals surface area contributed by atoms with Crippen LogP contribution >= 0.6 is 0 Å². The summed E-state index contributed by atoms with van der Waals surface area (Å²) in [6.45, 7) is 1.12. The minimum atomic E-state index is -4.25. The maximum atomic E-state index is 13.6. The van der Waals surface area contributed by atoms with Crippen molar-refractivity contribution in [1.82, 2.24) is 9.79 Å². The predicted octanol–water partition coefficient (Wildman–Crippen LogP) is 1.95. The van der Waals surface area contributed by atoms with Crippen molar-refractivity contribution in [3.05, 3.63) is 60.2 Å². The van der Waals surface area contributed by atoms with E-state index in [9.17, 15) is 23.4 Å². The first-order chi connectivity index (χ1) is 19.8. The normalized spacial score (nSPS) is 24.6. The van der Waals surface area contributed by atoms with Gasteiger partial charge in [0.15, 0.2) is 6.29 Å². The molecule has 0 radical (unpaired) electrons. The molecule has 41 heavy (non-hydrogen) atoms. The number of rotatable bonds is 11. The molecule has 3 aliphatic heterocycles. The van der Waals surface area contributed by atoms with Crippen LogP contribution in [0.5, 0.6) is 5.75 Å². The number of alkyl carbamates (subject to hydrolysis) is 1. The van der Waals surface area contributed by atoms with Crippen molar-refractivity contribution in [2.75, 3.05) is 33.0 Å². The molecule has 3 fully saturated rings. The molecule has 0 aromatic heterocycles. The molecule has 2 aromatic rings. The van der Waals surface area contributed by atoms with Crippen LogP contribution in [0.1, 0.15) is 24.8 Å². The molecule has 3 aliphatic rings. The highest BCUT2D eigenvalue weighted by atomic mass is 32.2. The highest BCUT2D eigenvalue weighted by Crippen LogP contribution is 2.33. The van der Waals surface area contributed by atoms with Crippen LogP contribution in [0, 0.1) is 5.92 Å². The summed E-state index contributed by atoms with van der Waals surface area (Å²) in [5.74, 6) is -0.147. The maximum absolute atomic E-state index is 13.6. The van der Waals surface area contributed by atoms with E-state index in [1.807, 2.05) is 30.3 Å². The van der Waals surface area contributed by atoms with Crippen LogP contribution in [0.25, 0.3) is 0 Å². The van der Waals surface area contributed by atoms with Crippen LogP contribution in [0.4, 0.5) is 4.79 Å². The van der Waals surface area contributed by atoms with Crippen LogP contribution in [0.3, 0.4) is 0 Å². The lowest BCUT2D eigenvalue weighted by molar-refractivity contribution is -0.170. The molecule has 0 spiro atoms. The molecule has 0 bridgehead atoms. The predicted molar refractivity (Wildman–Crippen MR) is 144 cm³/mol. The van der Waals surface area contributed by atoms with E-state index in [-0.39, 0.29) is 35.9 Å². The molecule has 12 nitrogen and oxygen atoms in total. The lowest BCUT2D eigenvalue weighted by atomic mass is 10.0. The van der Waals surface area contributed by atoms with Crippen molar-refractivity contribution in [1.29, 1.82) is 0 Å². The summed E-state index contributed by atoms with van der Waals surface area (Å²) >= 11 is 0. The summed E-state index contributed by atoms with van der Waals surface area (Å²) in [6.07, 6.45) is -1.57. The summed E-state index contributed by atoms with van der Waals surface area (Å²) in [5, 5.41) is 23.8.